The summed E-state index contributed by atoms with van der Waals surface area (Å²) in [6, 6.07) is -0.377. The highest BCUT2D eigenvalue weighted by Crippen LogP contribution is 2.15. The van der Waals surface area contributed by atoms with Crippen molar-refractivity contribution in [1.29, 1.82) is 0 Å². The highest BCUT2D eigenvalue weighted by atomic mass is 16.7. The maximum absolute atomic E-state index is 11.4. The Hall–Kier alpha value is -1.10. The quantitative estimate of drug-likeness (QED) is 0.551. The van der Waals surface area contributed by atoms with Crippen molar-refractivity contribution in [2.45, 2.75) is 32.7 Å². The third kappa shape index (κ3) is 3.87. The van der Waals surface area contributed by atoms with E-state index in [0.717, 1.165) is 13.0 Å². The van der Waals surface area contributed by atoms with Crippen molar-refractivity contribution in [3.8, 4) is 0 Å². The first-order valence-corrected chi connectivity index (χ1v) is 5.25. The van der Waals surface area contributed by atoms with Crippen molar-refractivity contribution < 1.29 is 19.1 Å². The maximum atomic E-state index is 11.4. The van der Waals surface area contributed by atoms with E-state index in [2.05, 4.69) is 21.7 Å². The lowest BCUT2D eigenvalue weighted by atomic mass is 9.94. The van der Waals surface area contributed by atoms with Crippen LogP contribution in [-0.2, 0) is 14.3 Å². The molecule has 2 unspecified atom stereocenters. The lowest BCUT2D eigenvalue weighted by Gasteiger charge is -2.25. The molecule has 1 heterocycles. The first-order chi connectivity index (χ1) is 7.13. The molecule has 1 aliphatic rings. The number of piperidine rings is 1. The number of carbonyl (C=O) groups excluding carboxylic acids is 2. The van der Waals surface area contributed by atoms with Gasteiger partial charge in [0.2, 0.25) is 0 Å². The molecule has 1 rings (SSSR count). The number of carbonyl (C=O) groups is 2. The molecule has 86 valence electrons. The summed E-state index contributed by atoms with van der Waals surface area (Å²) in [6.45, 7) is 4.72. The monoisotopic (exact) mass is 215 g/mol. The zero-order valence-electron chi connectivity index (χ0n) is 9.12. The molecule has 1 aliphatic heterocycles. The molecule has 0 aromatic carbocycles. The van der Waals surface area contributed by atoms with Gasteiger partial charge >= 0.3 is 12.1 Å². The van der Waals surface area contributed by atoms with Crippen molar-refractivity contribution in [2.24, 2.45) is 5.92 Å². The van der Waals surface area contributed by atoms with E-state index in [1.54, 1.807) is 6.92 Å². The molecule has 1 fully saturated rings. The Bertz CT molecular complexity index is 242. The average molecular weight is 215 g/mol. The minimum atomic E-state index is -0.914. The van der Waals surface area contributed by atoms with Crippen LogP contribution in [0.2, 0.25) is 0 Å². The highest BCUT2D eigenvalue weighted by Gasteiger charge is 2.27. The maximum Gasteiger partial charge on any atom is 0.516 e. The average Bonchev–Trinajstić information content (AvgIpc) is 2.18. The molecule has 0 bridgehead atoms. The Kier molecular flexibility index (Phi) is 4.55. The van der Waals surface area contributed by atoms with Crippen LogP contribution in [-0.4, -0.2) is 31.3 Å². The third-order valence-electron chi connectivity index (χ3n) is 2.40. The fourth-order valence-electron chi connectivity index (χ4n) is 1.59. The van der Waals surface area contributed by atoms with Gasteiger partial charge in [-0.15, -0.1) is 0 Å². The second kappa shape index (κ2) is 5.70. The van der Waals surface area contributed by atoms with Crippen LogP contribution in [0.4, 0.5) is 4.79 Å². The van der Waals surface area contributed by atoms with Crippen molar-refractivity contribution >= 4 is 12.1 Å². The summed E-state index contributed by atoms with van der Waals surface area (Å²) in [5, 5.41) is 3.01. The van der Waals surface area contributed by atoms with Crippen LogP contribution in [0.3, 0.4) is 0 Å². The first kappa shape index (κ1) is 12.0. The summed E-state index contributed by atoms with van der Waals surface area (Å²) in [6.07, 6.45) is 0.837. The van der Waals surface area contributed by atoms with E-state index in [-0.39, 0.29) is 12.6 Å². The van der Waals surface area contributed by atoms with Gasteiger partial charge in [-0.25, -0.2) is 9.59 Å². The lowest BCUT2D eigenvalue weighted by molar-refractivity contribution is -0.143. The summed E-state index contributed by atoms with van der Waals surface area (Å²) in [5.41, 5.74) is 0. The second-order valence-corrected chi connectivity index (χ2v) is 3.74. The van der Waals surface area contributed by atoms with Crippen LogP contribution in [0.25, 0.3) is 0 Å². The molecule has 2 atom stereocenters. The topological polar surface area (TPSA) is 64.6 Å². The molecular weight excluding hydrogens is 198 g/mol. The summed E-state index contributed by atoms with van der Waals surface area (Å²) >= 11 is 0. The molecule has 0 spiro atoms. The van der Waals surface area contributed by atoms with Gasteiger partial charge < -0.3 is 14.8 Å². The molecule has 5 nitrogen and oxygen atoms in total. The predicted octanol–water partition coefficient (Wildman–Crippen LogP) is 1.07. The molecule has 0 aromatic rings. The normalized spacial score (nSPS) is 25.7. The van der Waals surface area contributed by atoms with Gasteiger partial charge in [-0.2, -0.15) is 0 Å². The van der Waals surface area contributed by atoms with Crippen molar-refractivity contribution in [2.75, 3.05) is 13.2 Å². The largest absolute Gasteiger partial charge is 0.516 e. The number of rotatable bonds is 2. The number of esters is 1. The van der Waals surface area contributed by atoms with Gasteiger partial charge in [0, 0.05) is 0 Å². The Morgan fingerprint density at radius 2 is 2.20 bits per heavy atom. The van der Waals surface area contributed by atoms with Gasteiger partial charge in [-0.3, -0.25) is 0 Å². The van der Waals surface area contributed by atoms with Gasteiger partial charge in [0.25, 0.3) is 0 Å². The Morgan fingerprint density at radius 1 is 1.47 bits per heavy atom. The lowest BCUT2D eigenvalue weighted by Crippen LogP contribution is -2.44. The Balaban J connectivity index is 2.35. The van der Waals surface area contributed by atoms with E-state index in [4.69, 9.17) is 0 Å². The predicted molar refractivity (Wildman–Crippen MR) is 53.3 cm³/mol. The molecule has 5 heteroatoms. The second-order valence-electron chi connectivity index (χ2n) is 3.74. The van der Waals surface area contributed by atoms with Crippen LogP contribution in [0, 0.1) is 5.92 Å². The fourth-order valence-corrected chi connectivity index (χ4v) is 1.59. The minimum absolute atomic E-state index is 0.209. The highest BCUT2D eigenvalue weighted by molar-refractivity contribution is 5.85. The summed E-state index contributed by atoms with van der Waals surface area (Å²) < 4.78 is 9.04. The first-order valence-electron chi connectivity index (χ1n) is 5.25. The SMILES string of the molecule is CCOC(=O)OC(=O)C1CC(C)CCN1. The van der Waals surface area contributed by atoms with Crippen molar-refractivity contribution in [3.05, 3.63) is 0 Å². The van der Waals surface area contributed by atoms with Gasteiger partial charge in [0.05, 0.1) is 6.61 Å². The van der Waals surface area contributed by atoms with Gasteiger partial charge in [0.1, 0.15) is 6.04 Å². The molecule has 0 aliphatic carbocycles. The van der Waals surface area contributed by atoms with Crippen molar-refractivity contribution in [1.82, 2.24) is 5.32 Å². The molecule has 0 amide bonds. The van der Waals surface area contributed by atoms with Gasteiger partial charge in [-0.1, -0.05) is 6.92 Å². The standard InChI is InChI=1S/C10H17NO4/c1-3-14-10(13)15-9(12)8-6-7(2)4-5-11-8/h7-8,11H,3-6H2,1-2H3. The van der Waals surface area contributed by atoms with Crippen LogP contribution in [0.5, 0.6) is 0 Å². The molecule has 0 radical (unpaired) electrons. The molecule has 0 saturated carbocycles. The zero-order valence-corrected chi connectivity index (χ0v) is 9.12. The molecule has 1 saturated heterocycles. The summed E-state index contributed by atoms with van der Waals surface area (Å²) in [5.74, 6) is -0.0639. The van der Waals surface area contributed by atoms with E-state index in [1.807, 2.05) is 0 Å². The molecule has 1 N–H and O–H groups in total. The smallest absolute Gasteiger partial charge is 0.434 e. The zero-order chi connectivity index (χ0) is 11.3. The molecule has 0 aromatic heterocycles. The van der Waals surface area contributed by atoms with E-state index < -0.39 is 12.1 Å². The minimum Gasteiger partial charge on any atom is -0.434 e. The molecule has 15 heavy (non-hydrogen) atoms. The summed E-state index contributed by atoms with van der Waals surface area (Å²) in [7, 11) is 0. The third-order valence-corrected chi connectivity index (χ3v) is 2.40. The molecular formula is C10H17NO4. The van der Waals surface area contributed by atoms with Crippen LogP contribution < -0.4 is 5.32 Å². The van der Waals surface area contributed by atoms with Gasteiger partial charge in [-0.05, 0) is 32.2 Å². The summed E-state index contributed by atoms with van der Waals surface area (Å²) in [4.78, 5) is 22.3. The fraction of sp³-hybridized carbons (Fsp3) is 0.800. The van der Waals surface area contributed by atoms with Crippen LogP contribution in [0.1, 0.15) is 26.7 Å². The number of nitrogens with one attached hydrogen (secondary N) is 1. The number of hydrogen-bond acceptors (Lipinski definition) is 5. The van der Waals surface area contributed by atoms with Crippen molar-refractivity contribution in [3.63, 3.8) is 0 Å². The Labute approximate surface area is 89.1 Å². The van der Waals surface area contributed by atoms with E-state index in [9.17, 15) is 9.59 Å². The Morgan fingerprint density at radius 3 is 2.80 bits per heavy atom. The van der Waals surface area contributed by atoms with Crippen LogP contribution in [0.15, 0.2) is 0 Å². The van der Waals surface area contributed by atoms with Gasteiger partial charge in [0.15, 0.2) is 0 Å². The van der Waals surface area contributed by atoms with E-state index >= 15 is 0 Å². The van der Waals surface area contributed by atoms with E-state index in [1.165, 1.54) is 0 Å². The number of hydrogen-bond donors (Lipinski definition) is 1. The number of ether oxygens (including phenoxy) is 2. The van der Waals surface area contributed by atoms with E-state index in [0.29, 0.717) is 12.3 Å². The van der Waals surface area contributed by atoms with Crippen LogP contribution >= 0.6 is 0 Å².